The van der Waals surface area contributed by atoms with Gasteiger partial charge < -0.3 is 9.32 Å². The third-order valence-electron chi connectivity index (χ3n) is 12.3. The lowest BCUT2D eigenvalue weighted by atomic mass is 9.70. The molecule has 1 unspecified atom stereocenters. The van der Waals surface area contributed by atoms with Crippen molar-refractivity contribution in [2.24, 2.45) is 0 Å². The molecular formula is C55H35NO. The van der Waals surface area contributed by atoms with Gasteiger partial charge in [0.2, 0.25) is 0 Å². The van der Waals surface area contributed by atoms with Crippen LogP contribution in [0.5, 0.6) is 0 Å². The summed E-state index contributed by atoms with van der Waals surface area (Å²) in [6.45, 7) is 0. The fourth-order valence-corrected chi connectivity index (χ4v) is 9.97. The molecule has 1 heterocycles. The summed E-state index contributed by atoms with van der Waals surface area (Å²) in [6.07, 6.45) is 0. The van der Waals surface area contributed by atoms with E-state index in [0.717, 1.165) is 39.0 Å². The Hall–Kier alpha value is -7.42. The van der Waals surface area contributed by atoms with Gasteiger partial charge in [-0.1, -0.05) is 170 Å². The highest BCUT2D eigenvalue weighted by Gasteiger charge is 2.52. The van der Waals surface area contributed by atoms with Crippen LogP contribution in [0.4, 0.5) is 17.1 Å². The summed E-state index contributed by atoms with van der Waals surface area (Å²) in [5.41, 5.74) is 19.7. The summed E-state index contributed by atoms with van der Waals surface area (Å²) < 4.78 is 6.53. The van der Waals surface area contributed by atoms with Crippen LogP contribution in [0.3, 0.4) is 0 Å². The molecule has 266 valence electrons. The van der Waals surface area contributed by atoms with Crippen molar-refractivity contribution in [1.29, 1.82) is 0 Å². The average Bonchev–Trinajstić information content (AvgIpc) is 3.92. The molecule has 0 saturated heterocycles. The fraction of sp³-hybridized carbons (Fsp3) is 0.0182. The maximum absolute atomic E-state index is 6.53. The van der Waals surface area contributed by atoms with E-state index in [0.29, 0.717) is 0 Å². The number of furan rings is 1. The summed E-state index contributed by atoms with van der Waals surface area (Å²) in [7, 11) is 0. The van der Waals surface area contributed by atoms with Crippen molar-refractivity contribution < 1.29 is 4.42 Å². The zero-order chi connectivity index (χ0) is 37.5. The molecule has 0 bridgehead atoms. The first-order valence-corrected chi connectivity index (χ1v) is 19.7. The Morgan fingerprint density at radius 1 is 0.351 bits per heavy atom. The van der Waals surface area contributed by atoms with Crippen LogP contribution in [0.2, 0.25) is 0 Å². The largest absolute Gasteiger partial charge is 0.456 e. The summed E-state index contributed by atoms with van der Waals surface area (Å²) in [5, 5.41) is 2.20. The van der Waals surface area contributed by atoms with Crippen LogP contribution < -0.4 is 4.90 Å². The van der Waals surface area contributed by atoms with Gasteiger partial charge in [0.15, 0.2) is 0 Å². The molecule has 0 saturated carbocycles. The van der Waals surface area contributed by atoms with Crippen molar-refractivity contribution in [2.75, 3.05) is 4.90 Å². The average molecular weight is 726 g/mol. The van der Waals surface area contributed by atoms with Crippen LogP contribution in [0, 0.1) is 0 Å². The lowest BCUT2D eigenvalue weighted by Crippen LogP contribution is -2.26. The Bertz CT molecular complexity index is 3190. The van der Waals surface area contributed by atoms with Crippen LogP contribution in [0.15, 0.2) is 217 Å². The summed E-state index contributed by atoms with van der Waals surface area (Å²) in [4.78, 5) is 2.48. The number of rotatable bonds is 5. The number of para-hydroxylation sites is 1. The molecule has 12 rings (SSSR count). The third-order valence-corrected chi connectivity index (χ3v) is 12.3. The van der Waals surface area contributed by atoms with E-state index in [1.54, 1.807) is 0 Å². The minimum absolute atomic E-state index is 0.509. The first-order valence-electron chi connectivity index (χ1n) is 19.7. The number of hydrogen-bond acceptors (Lipinski definition) is 2. The quantitative estimate of drug-likeness (QED) is 0.176. The van der Waals surface area contributed by atoms with Crippen molar-refractivity contribution in [1.82, 2.24) is 0 Å². The standard InChI is InChI=1S/C55H35NO/c1-3-16-36(17-4-1)38-20-13-21-40(34-38)56(50-29-15-31-52-54(50)44-24-9-12-30-51(44)57-52)49-28-14-27-47-53(49)43-23-8-11-26-46(43)55(47)45-25-10-7-22-41(45)42-33-32-39(35-48(42)55)37-18-5-2-6-19-37/h1-35H. The highest BCUT2D eigenvalue weighted by atomic mass is 16.3. The van der Waals surface area contributed by atoms with Gasteiger partial charge in [0, 0.05) is 16.6 Å². The Labute approximate surface area is 331 Å². The van der Waals surface area contributed by atoms with Crippen molar-refractivity contribution in [3.63, 3.8) is 0 Å². The van der Waals surface area contributed by atoms with E-state index in [1.807, 2.05) is 6.07 Å². The van der Waals surface area contributed by atoms with Crippen molar-refractivity contribution in [3.8, 4) is 44.5 Å². The Balaban J connectivity index is 1.18. The molecule has 0 amide bonds. The molecule has 2 aliphatic rings. The van der Waals surface area contributed by atoms with Gasteiger partial charge in [-0.25, -0.2) is 0 Å². The number of hydrogen-bond donors (Lipinski definition) is 0. The van der Waals surface area contributed by atoms with E-state index in [9.17, 15) is 0 Å². The van der Waals surface area contributed by atoms with E-state index in [-0.39, 0.29) is 0 Å². The van der Waals surface area contributed by atoms with Gasteiger partial charge in [0.25, 0.3) is 0 Å². The molecule has 0 N–H and O–H groups in total. The van der Waals surface area contributed by atoms with Crippen LogP contribution in [0.1, 0.15) is 22.3 Å². The molecule has 2 aliphatic carbocycles. The van der Waals surface area contributed by atoms with Crippen molar-refractivity contribution in [3.05, 3.63) is 235 Å². The maximum atomic E-state index is 6.53. The SMILES string of the molecule is c1ccc(-c2cccc(N(c3cccc4c3-c3ccccc3C43c4ccccc4-c4ccc(-c5ccccc5)cc43)c3cccc4oc5ccccc5c34)c2)cc1. The molecule has 0 aliphatic heterocycles. The van der Waals surface area contributed by atoms with E-state index < -0.39 is 5.41 Å². The van der Waals surface area contributed by atoms with Crippen LogP contribution in [-0.2, 0) is 5.41 Å². The highest BCUT2D eigenvalue weighted by molar-refractivity contribution is 6.14. The van der Waals surface area contributed by atoms with Gasteiger partial charge in [-0.2, -0.15) is 0 Å². The van der Waals surface area contributed by atoms with Gasteiger partial charge in [-0.3, -0.25) is 0 Å². The van der Waals surface area contributed by atoms with E-state index in [1.165, 1.54) is 66.8 Å². The van der Waals surface area contributed by atoms with Gasteiger partial charge in [-0.05, 0) is 104 Å². The third kappa shape index (κ3) is 4.53. The Morgan fingerprint density at radius 2 is 0.912 bits per heavy atom. The first kappa shape index (κ1) is 31.9. The van der Waals surface area contributed by atoms with Gasteiger partial charge in [0.1, 0.15) is 11.2 Å². The lowest BCUT2D eigenvalue weighted by Gasteiger charge is -2.32. The smallest absolute Gasteiger partial charge is 0.137 e. The van der Waals surface area contributed by atoms with Gasteiger partial charge in [0.05, 0.1) is 22.2 Å². The van der Waals surface area contributed by atoms with Crippen LogP contribution in [0.25, 0.3) is 66.4 Å². The predicted octanol–water partition coefficient (Wildman–Crippen LogP) is 14.7. The maximum Gasteiger partial charge on any atom is 0.137 e. The second-order valence-electron chi connectivity index (χ2n) is 15.2. The minimum Gasteiger partial charge on any atom is -0.456 e. The Morgan fingerprint density at radius 3 is 1.72 bits per heavy atom. The van der Waals surface area contributed by atoms with E-state index in [2.05, 4.69) is 211 Å². The molecule has 57 heavy (non-hydrogen) atoms. The van der Waals surface area contributed by atoms with Crippen LogP contribution in [-0.4, -0.2) is 0 Å². The molecule has 1 spiro atoms. The first-order chi connectivity index (χ1) is 28.3. The number of fused-ring (bicyclic) bond motifs is 13. The molecule has 10 aromatic rings. The minimum atomic E-state index is -0.509. The monoisotopic (exact) mass is 725 g/mol. The summed E-state index contributed by atoms with van der Waals surface area (Å²) in [5.74, 6) is 0. The zero-order valence-electron chi connectivity index (χ0n) is 31.1. The van der Waals surface area contributed by atoms with Gasteiger partial charge >= 0.3 is 0 Å². The predicted molar refractivity (Wildman–Crippen MR) is 236 cm³/mol. The molecule has 2 nitrogen and oxygen atoms in total. The van der Waals surface area contributed by atoms with Crippen molar-refractivity contribution in [2.45, 2.75) is 5.41 Å². The molecule has 1 atom stereocenters. The highest BCUT2D eigenvalue weighted by Crippen LogP contribution is 2.65. The second-order valence-corrected chi connectivity index (χ2v) is 15.2. The fourth-order valence-electron chi connectivity index (χ4n) is 9.97. The van der Waals surface area contributed by atoms with E-state index >= 15 is 0 Å². The number of benzene rings is 9. The topological polar surface area (TPSA) is 16.4 Å². The second kappa shape index (κ2) is 12.3. The number of nitrogens with zero attached hydrogens (tertiary/aromatic N) is 1. The normalized spacial score (nSPS) is 14.7. The van der Waals surface area contributed by atoms with Crippen molar-refractivity contribution >= 4 is 39.0 Å². The molecule has 0 radical (unpaired) electrons. The van der Waals surface area contributed by atoms with Gasteiger partial charge in [-0.15, -0.1) is 0 Å². The molecule has 0 fully saturated rings. The van der Waals surface area contributed by atoms with E-state index in [4.69, 9.17) is 4.42 Å². The Kier molecular flexibility index (Phi) is 6.88. The molecule has 1 aromatic heterocycles. The number of anilines is 3. The summed E-state index contributed by atoms with van der Waals surface area (Å²) in [6, 6.07) is 77.5. The summed E-state index contributed by atoms with van der Waals surface area (Å²) >= 11 is 0. The molecule has 9 aromatic carbocycles. The molecule has 2 heteroatoms. The lowest BCUT2D eigenvalue weighted by molar-refractivity contribution is 0.669. The zero-order valence-corrected chi connectivity index (χ0v) is 31.1. The van der Waals surface area contributed by atoms with Crippen LogP contribution >= 0.6 is 0 Å². The molecular weight excluding hydrogens is 691 g/mol.